The summed E-state index contributed by atoms with van der Waals surface area (Å²) in [6.45, 7) is 7.30. The Hall–Kier alpha value is -2.43. The van der Waals surface area contributed by atoms with Crippen LogP contribution in [-0.2, 0) is 9.53 Å². The molecule has 0 N–H and O–H groups in total. The number of aromatic nitrogens is 2. The summed E-state index contributed by atoms with van der Waals surface area (Å²) in [6, 6.07) is 9.83. The zero-order chi connectivity index (χ0) is 17.7. The molecular weight excluding hydrogens is 304 g/mol. The van der Waals surface area contributed by atoms with E-state index in [0.717, 1.165) is 5.56 Å². The number of nitrogens with zero attached hydrogens (tertiary/aromatic N) is 2. The number of hydrogen-bond donors (Lipinski definition) is 0. The van der Waals surface area contributed by atoms with Crippen LogP contribution in [0.15, 0.2) is 42.9 Å². The second kappa shape index (κ2) is 7.43. The second-order valence-corrected chi connectivity index (χ2v) is 6.49. The van der Waals surface area contributed by atoms with Crippen LogP contribution in [0.2, 0.25) is 0 Å². The number of carbonyl (C=O) groups is 2. The van der Waals surface area contributed by atoms with Crippen LogP contribution in [0.4, 0.5) is 0 Å². The third kappa shape index (κ3) is 4.31. The molecule has 5 heteroatoms. The molecule has 1 heterocycles. The zero-order valence-corrected chi connectivity index (χ0v) is 14.7. The molecule has 128 valence electrons. The molecule has 0 saturated heterocycles. The van der Waals surface area contributed by atoms with Crippen molar-refractivity contribution in [3.8, 4) is 0 Å². The number of carbonyl (C=O) groups excluding carboxylic acids is 2. The highest BCUT2D eigenvalue weighted by Crippen LogP contribution is 2.22. The van der Waals surface area contributed by atoms with E-state index in [-0.39, 0.29) is 18.2 Å². The van der Waals surface area contributed by atoms with Crippen molar-refractivity contribution in [1.82, 2.24) is 9.55 Å². The van der Waals surface area contributed by atoms with Crippen molar-refractivity contribution in [2.75, 3.05) is 0 Å². The molecule has 1 unspecified atom stereocenters. The van der Waals surface area contributed by atoms with Gasteiger partial charge in [-0.15, -0.1) is 0 Å². The van der Waals surface area contributed by atoms with Crippen molar-refractivity contribution in [2.24, 2.45) is 0 Å². The zero-order valence-electron chi connectivity index (χ0n) is 14.7. The van der Waals surface area contributed by atoms with Gasteiger partial charge in [-0.2, -0.15) is 0 Å². The van der Waals surface area contributed by atoms with Crippen molar-refractivity contribution in [3.63, 3.8) is 0 Å². The maximum absolute atomic E-state index is 12.6. The molecule has 0 bridgehead atoms. The lowest BCUT2D eigenvalue weighted by atomic mass is 10.0. The van der Waals surface area contributed by atoms with Crippen molar-refractivity contribution in [3.05, 3.63) is 54.1 Å². The Bertz CT molecular complexity index is 704. The molecule has 0 aliphatic carbocycles. The van der Waals surface area contributed by atoms with E-state index in [1.165, 1.54) is 6.20 Å². The molecule has 0 radical (unpaired) electrons. The lowest BCUT2D eigenvalue weighted by molar-refractivity contribution is -0.122. The van der Waals surface area contributed by atoms with Crippen molar-refractivity contribution >= 4 is 11.8 Å². The second-order valence-electron chi connectivity index (χ2n) is 6.49. The molecule has 1 atom stereocenters. The Morgan fingerprint density at radius 1 is 1.25 bits per heavy atom. The Kier molecular flexibility index (Phi) is 5.54. The van der Waals surface area contributed by atoms with Gasteiger partial charge in [0.1, 0.15) is 17.1 Å². The van der Waals surface area contributed by atoms with Crippen LogP contribution >= 0.6 is 0 Å². The molecule has 2 rings (SSSR count). The van der Waals surface area contributed by atoms with Gasteiger partial charge in [0, 0.05) is 12.8 Å². The lowest BCUT2D eigenvalue weighted by Gasteiger charge is -2.25. The van der Waals surface area contributed by atoms with E-state index in [9.17, 15) is 9.59 Å². The molecular formula is C19H24N2O3. The Morgan fingerprint density at radius 3 is 2.54 bits per heavy atom. The summed E-state index contributed by atoms with van der Waals surface area (Å²) < 4.78 is 7.35. The molecule has 5 nitrogen and oxygen atoms in total. The van der Waals surface area contributed by atoms with E-state index in [1.54, 1.807) is 31.7 Å². The fourth-order valence-electron chi connectivity index (χ4n) is 2.60. The normalized spacial score (nSPS) is 12.7. The maximum atomic E-state index is 12.6. The molecule has 0 amide bonds. The molecule has 24 heavy (non-hydrogen) atoms. The van der Waals surface area contributed by atoms with Crippen LogP contribution in [0, 0.1) is 0 Å². The fraction of sp³-hybridized carbons (Fsp3) is 0.421. The molecule has 0 spiro atoms. The molecule has 0 aliphatic heterocycles. The predicted octanol–water partition coefficient (Wildman–Crippen LogP) is 3.80. The van der Waals surface area contributed by atoms with Crippen molar-refractivity contribution < 1.29 is 14.3 Å². The van der Waals surface area contributed by atoms with Gasteiger partial charge in [-0.3, -0.25) is 4.79 Å². The summed E-state index contributed by atoms with van der Waals surface area (Å²) in [7, 11) is 0. The first kappa shape index (κ1) is 17.9. The number of ketones is 1. The predicted molar refractivity (Wildman–Crippen MR) is 91.9 cm³/mol. The summed E-state index contributed by atoms with van der Waals surface area (Å²) in [5.74, 6) is -0.400. The van der Waals surface area contributed by atoms with Gasteiger partial charge in [0.15, 0.2) is 0 Å². The van der Waals surface area contributed by atoms with Gasteiger partial charge in [0.25, 0.3) is 0 Å². The van der Waals surface area contributed by atoms with E-state index in [1.807, 2.05) is 37.3 Å². The number of Topliss-reactive ketones (excluding diaryl/α,β-unsaturated/α-hetero) is 1. The van der Waals surface area contributed by atoms with Crippen LogP contribution in [0.5, 0.6) is 0 Å². The van der Waals surface area contributed by atoms with Gasteiger partial charge in [-0.25, -0.2) is 9.78 Å². The first-order valence-electron chi connectivity index (χ1n) is 8.16. The highest BCUT2D eigenvalue weighted by molar-refractivity contribution is 5.88. The Balaban J connectivity index is 2.17. The molecule has 0 aliphatic rings. The lowest BCUT2D eigenvalue weighted by Crippen LogP contribution is -2.32. The summed E-state index contributed by atoms with van der Waals surface area (Å²) in [4.78, 5) is 28.3. The Morgan fingerprint density at radius 2 is 1.92 bits per heavy atom. The van der Waals surface area contributed by atoms with Crippen LogP contribution in [-0.4, -0.2) is 26.9 Å². The smallest absolute Gasteiger partial charge is 0.357 e. The highest BCUT2D eigenvalue weighted by atomic mass is 16.6. The van der Waals surface area contributed by atoms with Crippen molar-refractivity contribution in [2.45, 2.75) is 52.2 Å². The SMILES string of the molecule is CCC(=O)CC(C)(C)OC(=O)c1cncn1C(C)c1ccccc1. The van der Waals surface area contributed by atoms with Gasteiger partial charge in [0.05, 0.1) is 18.6 Å². The van der Waals surface area contributed by atoms with Crippen LogP contribution in [0.1, 0.15) is 62.6 Å². The highest BCUT2D eigenvalue weighted by Gasteiger charge is 2.28. The van der Waals surface area contributed by atoms with Crippen LogP contribution < -0.4 is 0 Å². The molecule has 1 aromatic heterocycles. The summed E-state index contributed by atoms with van der Waals surface area (Å²) >= 11 is 0. The van der Waals surface area contributed by atoms with E-state index in [4.69, 9.17) is 4.74 Å². The summed E-state index contributed by atoms with van der Waals surface area (Å²) in [5.41, 5.74) is 0.614. The third-order valence-electron chi connectivity index (χ3n) is 3.96. The number of hydrogen-bond acceptors (Lipinski definition) is 4. The quantitative estimate of drug-likeness (QED) is 0.725. The molecule has 1 aromatic carbocycles. The van der Waals surface area contributed by atoms with Gasteiger partial charge < -0.3 is 9.30 Å². The monoisotopic (exact) mass is 328 g/mol. The van der Waals surface area contributed by atoms with Gasteiger partial charge >= 0.3 is 5.97 Å². The van der Waals surface area contributed by atoms with Gasteiger partial charge in [-0.1, -0.05) is 37.3 Å². The largest absolute Gasteiger partial charge is 0.454 e. The number of imidazole rings is 1. The first-order chi connectivity index (χ1) is 11.3. The van der Waals surface area contributed by atoms with Gasteiger partial charge in [0.2, 0.25) is 0 Å². The minimum absolute atomic E-state index is 0.0448. The van der Waals surface area contributed by atoms with E-state index >= 15 is 0 Å². The third-order valence-corrected chi connectivity index (χ3v) is 3.96. The van der Waals surface area contributed by atoms with Crippen molar-refractivity contribution in [1.29, 1.82) is 0 Å². The van der Waals surface area contributed by atoms with Crippen LogP contribution in [0.3, 0.4) is 0 Å². The summed E-state index contributed by atoms with van der Waals surface area (Å²) in [5, 5.41) is 0. The number of ether oxygens (including phenoxy) is 1. The fourth-order valence-corrected chi connectivity index (χ4v) is 2.60. The van der Waals surface area contributed by atoms with E-state index in [0.29, 0.717) is 12.1 Å². The minimum atomic E-state index is -0.838. The van der Waals surface area contributed by atoms with Gasteiger partial charge in [-0.05, 0) is 26.3 Å². The van der Waals surface area contributed by atoms with Crippen LogP contribution in [0.25, 0.3) is 0 Å². The minimum Gasteiger partial charge on any atom is -0.454 e. The standard InChI is InChI=1S/C19H24N2O3/c1-5-16(22)11-19(3,4)24-18(23)17-12-20-13-21(17)14(2)15-9-7-6-8-10-15/h6-10,12-14H,5,11H2,1-4H3. The van der Waals surface area contributed by atoms with E-state index < -0.39 is 11.6 Å². The number of rotatable bonds is 7. The molecule has 0 saturated carbocycles. The summed E-state index contributed by atoms with van der Waals surface area (Å²) in [6.07, 6.45) is 3.76. The average Bonchev–Trinajstić information content (AvgIpc) is 3.03. The topological polar surface area (TPSA) is 61.2 Å². The average molecular weight is 328 g/mol. The maximum Gasteiger partial charge on any atom is 0.357 e. The number of esters is 1. The Labute approximate surface area is 142 Å². The first-order valence-corrected chi connectivity index (χ1v) is 8.16. The number of benzene rings is 1. The molecule has 2 aromatic rings. The van der Waals surface area contributed by atoms with E-state index in [2.05, 4.69) is 4.98 Å². The molecule has 0 fully saturated rings.